The molecule has 1 N–H and O–H groups in total. The van der Waals surface area contributed by atoms with Crippen LogP contribution in [-0.2, 0) is 9.53 Å². The van der Waals surface area contributed by atoms with Gasteiger partial charge in [0.05, 0.1) is 17.2 Å². The van der Waals surface area contributed by atoms with Crippen molar-refractivity contribution in [1.29, 1.82) is 0 Å². The molecule has 0 saturated carbocycles. The van der Waals surface area contributed by atoms with Gasteiger partial charge in [-0.15, -0.1) is 11.3 Å². The van der Waals surface area contributed by atoms with Gasteiger partial charge in [-0.2, -0.15) is 0 Å². The fraction of sp³-hybridized carbons (Fsp3) is 0.111. The molecule has 0 fully saturated rings. The monoisotopic (exact) mass is 427 g/mol. The van der Waals surface area contributed by atoms with Crippen LogP contribution in [0, 0.1) is 5.82 Å². The first kappa shape index (κ1) is 19.4. The standard InChI is InChI=1S/C18H12Cl2FNO4S/c1-25-13-5-3-10(7-12(13)19)22-15(23)8-26-18(24)17-16(20)11-4-2-9(21)6-14(11)27-17/h2-7H,8H2,1H3,(H,22,23). The smallest absolute Gasteiger partial charge is 0.350 e. The molecular weight excluding hydrogens is 416 g/mol. The quantitative estimate of drug-likeness (QED) is 0.571. The number of fused-ring (bicyclic) bond motifs is 1. The van der Waals surface area contributed by atoms with Gasteiger partial charge >= 0.3 is 5.97 Å². The number of nitrogens with one attached hydrogen (secondary N) is 1. The summed E-state index contributed by atoms with van der Waals surface area (Å²) in [6.07, 6.45) is 0. The minimum absolute atomic E-state index is 0.109. The van der Waals surface area contributed by atoms with Crippen molar-refractivity contribution in [2.24, 2.45) is 0 Å². The summed E-state index contributed by atoms with van der Waals surface area (Å²) >= 11 is 13.1. The maximum absolute atomic E-state index is 13.3. The summed E-state index contributed by atoms with van der Waals surface area (Å²) in [7, 11) is 1.48. The van der Waals surface area contributed by atoms with Crippen molar-refractivity contribution in [2.45, 2.75) is 0 Å². The third kappa shape index (κ3) is 4.32. The normalized spacial score (nSPS) is 10.7. The Labute approximate surface area is 167 Å². The van der Waals surface area contributed by atoms with Gasteiger partial charge in [0.2, 0.25) is 0 Å². The number of esters is 1. The summed E-state index contributed by atoms with van der Waals surface area (Å²) < 4.78 is 23.8. The largest absolute Gasteiger partial charge is 0.495 e. The molecule has 140 valence electrons. The van der Waals surface area contributed by atoms with Crippen LogP contribution in [-0.4, -0.2) is 25.6 Å². The zero-order valence-electron chi connectivity index (χ0n) is 13.8. The molecule has 1 heterocycles. The number of benzene rings is 2. The molecule has 0 unspecified atom stereocenters. The topological polar surface area (TPSA) is 64.6 Å². The third-order valence-electron chi connectivity index (χ3n) is 3.55. The lowest BCUT2D eigenvalue weighted by atomic mass is 10.2. The molecule has 0 bridgehead atoms. The van der Waals surface area contributed by atoms with Crippen molar-refractivity contribution in [3.63, 3.8) is 0 Å². The average molecular weight is 428 g/mol. The lowest BCUT2D eigenvalue weighted by Gasteiger charge is -2.08. The summed E-state index contributed by atoms with van der Waals surface area (Å²) in [5, 5.41) is 3.60. The Hall–Kier alpha value is -2.35. The van der Waals surface area contributed by atoms with Gasteiger partial charge in [0.1, 0.15) is 16.4 Å². The van der Waals surface area contributed by atoms with E-state index in [1.54, 1.807) is 12.1 Å². The minimum atomic E-state index is -0.760. The van der Waals surface area contributed by atoms with E-state index in [9.17, 15) is 14.0 Å². The number of thiophene rings is 1. The van der Waals surface area contributed by atoms with E-state index in [0.29, 0.717) is 26.5 Å². The second-order valence-corrected chi connectivity index (χ2v) is 7.20. The number of anilines is 1. The van der Waals surface area contributed by atoms with Gasteiger partial charge in [0, 0.05) is 15.8 Å². The van der Waals surface area contributed by atoms with E-state index in [1.165, 1.54) is 31.4 Å². The van der Waals surface area contributed by atoms with Crippen LogP contribution in [0.4, 0.5) is 10.1 Å². The number of rotatable bonds is 5. The van der Waals surface area contributed by atoms with Crippen LogP contribution < -0.4 is 10.1 Å². The number of carbonyl (C=O) groups is 2. The van der Waals surface area contributed by atoms with Gasteiger partial charge in [-0.05, 0) is 36.4 Å². The Balaban J connectivity index is 1.64. The third-order valence-corrected chi connectivity index (χ3v) is 5.48. The predicted molar refractivity (Wildman–Crippen MR) is 104 cm³/mol. The summed E-state index contributed by atoms with van der Waals surface area (Å²) in [6.45, 7) is -0.512. The van der Waals surface area contributed by atoms with E-state index in [2.05, 4.69) is 5.32 Å². The number of carbonyl (C=O) groups excluding carboxylic acids is 2. The summed E-state index contributed by atoms with van der Waals surface area (Å²) in [5.74, 6) is -1.27. The van der Waals surface area contributed by atoms with Crippen molar-refractivity contribution in [2.75, 3.05) is 19.0 Å². The Bertz CT molecular complexity index is 1040. The molecule has 1 aromatic heterocycles. The number of ether oxygens (including phenoxy) is 2. The molecule has 1 amide bonds. The molecule has 0 aliphatic carbocycles. The van der Waals surface area contributed by atoms with Gasteiger partial charge in [-0.25, -0.2) is 9.18 Å². The molecule has 0 saturated heterocycles. The highest BCUT2D eigenvalue weighted by Gasteiger charge is 2.20. The summed E-state index contributed by atoms with van der Waals surface area (Å²) in [4.78, 5) is 24.3. The van der Waals surface area contributed by atoms with Crippen LogP contribution in [0.15, 0.2) is 36.4 Å². The Morgan fingerprint density at radius 1 is 1.19 bits per heavy atom. The molecule has 9 heteroatoms. The zero-order valence-corrected chi connectivity index (χ0v) is 16.2. The Morgan fingerprint density at radius 3 is 2.67 bits per heavy atom. The van der Waals surface area contributed by atoms with Gasteiger partial charge < -0.3 is 14.8 Å². The molecule has 5 nitrogen and oxygen atoms in total. The first-order valence-electron chi connectivity index (χ1n) is 7.57. The van der Waals surface area contributed by atoms with Gasteiger partial charge in [0.25, 0.3) is 5.91 Å². The molecular formula is C18H12Cl2FNO4S. The molecule has 3 rings (SSSR count). The first-order chi connectivity index (χ1) is 12.9. The molecule has 0 spiro atoms. The highest BCUT2D eigenvalue weighted by molar-refractivity contribution is 7.21. The van der Waals surface area contributed by atoms with Crippen LogP contribution in [0.5, 0.6) is 5.75 Å². The van der Waals surface area contributed by atoms with Crippen LogP contribution in [0.1, 0.15) is 9.67 Å². The van der Waals surface area contributed by atoms with Crippen LogP contribution >= 0.6 is 34.5 Å². The predicted octanol–water partition coefficient (Wildman–Crippen LogP) is 5.15. The Morgan fingerprint density at radius 2 is 1.96 bits per heavy atom. The lowest BCUT2D eigenvalue weighted by Crippen LogP contribution is -2.20. The fourth-order valence-electron chi connectivity index (χ4n) is 2.31. The van der Waals surface area contributed by atoms with E-state index in [-0.39, 0.29) is 9.90 Å². The molecule has 2 aromatic carbocycles. The fourth-order valence-corrected chi connectivity index (χ4v) is 3.99. The zero-order chi connectivity index (χ0) is 19.6. The van der Waals surface area contributed by atoms with Crippen molar-refractivity contribution < 1.29 is 23.5 Å². The average Bonchev–Trinajstić information content (AvgIpc) is 2.96. The maximum Gasteiger partial charge on any atom is 0.350 e. The molecule has 0 aliphatic heterocycles. The van der Waals surface area contributed by atoms with Crippen molar-refractivity contribution >= 4 is 62.2 Å². The SMILES string of the molecule is COc1ccc(NC(=O)COC(=O)c2sc3cc(F)ccc3c2Cl)cc1Cl. The van der Waals surface area contributed by atoms with Gasteiger partial charge in [-0.1, -0.05) is 23.2 Å². The highest BCUT2D eigenvalue weighted by atomic mass is 35.5. The maximum atomic E-state index is 13.3. The lowest BCUT2D eigenvalue weighted by molar-refractivity contribution is -0.119. The van der Waals surface area contributed by atoms with Crippen molar-refractivity contribution in [1.82, 2.24) is 0 Å². The molecule has 0 aliphatic rings. The minimum Gasteiger partial charge on any atom is -0.495 e. The number of hydrogen-bond donors (Lipinski definition) is 1. The Kier molecular flexibility index (Phi) is 5.84. The summed E-state index contributed by atoms with van der Waals surface area (Å²) in [6, 6.07) is 8.73. The molecule has 0 radical (unpaired) electrons. The van der Waals surface area contributed by atoms with Crippen molar-refractivity contribution in [3.05, 3.63) is 57.1 Å². The first-order valence-corrected chi connectivity index (χ1v) is 9.14. The molecule has 27 heavy (non-hydrogen) atoms. The van der Waals surface area contributed by atoms with E-state index in [0.717, 1.165) is 11.3 Å². The molecule has 0 atom stereocenters. The number of amides is 1. The highest BCUT2D eigenvalue weighted by Crippen LogP contribution is 2.36. The van der Waals surface area contributed by atoms with Crippen LogP contribution in [0.25, 0.3) is 10.1 Å². The van der Waals surface area contributed by atoms with E-state index in [1.807, 2.05) is 0 Å². The molecule has 3 aromatic rings. The van der Waals surface area contributed by atoms with Gasteiger partial charge in [0.15, 0.2) is 6.61 Å². The summed E-state index contributed by atoms with van der Waals surface area (Å²) in [5.41, 5.74) is 0.428. The van der Waals surface area contributed by atoms with E-state index >= 15 is 0 Å². The number of halogens is 3. The van der Waals surface area contributed by atoms with Crippen molar-refractivity contribution in [3.8, 4) is 5.75 Å². The van der Waals surface area contributed by atoms with Crippen LogP contribution in [0.2, 0.25) is 10.0 Å². The number of methoxy groups -OCH3 is 1. The second-order valence-electron chi connectivity index (χ2n) is 5.36. The second kappa shape index (κ2) is 8.12. The number of hydrogen-bond acceptors (Lipinski definition) is 5. The van der Waals surface area contributed by atoms with E-state index in [4.69, 9.17) is 32.7 Å². The van der Waals surface area contributed by atoms with Gasteiger partial charge in [-0.3, -0.25) is 4.79 Å². The van der Waals surface area contributed by atoms with Crippen LogP contribution in [0.3, 0.4) is 0 Å². The van der Waals surface area contributed by atoms with E-state index < -0.39 is 24.3 Å².